The monoisotopic (exact) mass is 452 g/mol. The van der Waals surface area contributed by atoms with Gasteiger partial charge in [0.2, 0.25) is 0 Å². The number of benzene rings is 1. The second kappa shape index (κ2) is 9.00. The Labute approximate surface area is 181 Å². The van der Waals surface area contributed by atoms with Gasteiger partial charge in [-0.15, -0.1) is 0 Å². The van der Waals surface area contributed by atoms with Crippen LogP contribution in [0.1, 0.15) is 5.56 Å². The lowest BCUT2D eigenvalue weighted by Crippen LogP contribution is -2.69. The van der Waals surface area contributed by atoms with Gasteiger partial charge < -0.3 is 50.7 Å². The van der Waals surface area contributed by atoms with E-state index in [0.29, 0.717) is 5.56 Å². The summed E-state index contributed by atoms with van der Waals surface area (Å²) in [6.45, 7) is -0.769. The van der Waals surface area contributed by atoms with Crippen molar-refractivity contribution in [1.29, 1.82) is 0 Å². The molecule has 3 rings (SSSR count). The van der Waals surface area contributed by atoms with Gasteiger partial charge in [0.15, 0.2) is 23.4 Å². The molecule has 1 saturated heterocycles. The van der Waals surface area contributed by atoms with Crippen molar-refractivity contribution in [3.8, 4) is 11.5 Å². The van der Waals surface area contributed by atoms with Crippen LogP contribution in [0, 0.1) is 0 Å². The van der Waals surface area contributed by atoms with E-state index in [-0.39, 0.29) is 11.3 Å². The normalized spacial score (nSPS) is 37.1. The quantitative estimate of drug-likeness (QED) is 0.139. The van der Waals surface area contributed by atoms with E-state index in [1.54, 1.807) is 0 Å². The summed E-state index contributed by atoms with van der Waals surface area (Å²) in [6, 6.07) is 3.85. The molecule has 0 aromatic heterocycles. The third-order valence-corrected chi connectivity index (χ3v) is 5.53. The van der Waals surface area contributed by atoms with E-state index in [1.807, 2.05) is 0 Å². The van der Waals surface area contributed by atoms with Crippen LogP contribution in [-0.2, 0) is 9.53 Å². The Kier molecular flexibility index (Phi) is 6.72. The van der Waals surface area contributed by atoms with Crippen LogP contribution in [0.5, 0.6) is 11.5 Å². The van der Waals surface area contributed by atoms with E-state index < -0.39 is 66.1 Å². The Balaban J connectivity index is 1.90. The smallest absolute Gasteiger partial charge is 0.198 e. The van der Waals surface area contributed by atoms with Crippen LogP contribution in [0.2, 0.25) is 0 Å². The van der Waals surface area contributed by atoms with Crippen LogP contribution in [0.3, 0.4) is 0 Å². The van der Waals surface area contributed by atoms with Crippen molar-refractivity contribution in [3.05, 3.63) is 53.3 Å². The third kappa shape index (κ3) is 4.14. The number of ether oxygens (including phenoxy) is 1. The van der Waals surface area contributed by atoms with Gasteiger partial charge in [-0.2, -0.15) is 0 Å². The summed E-state index contributed by atoms with van der Waals surface area (Å²) >= 11 is 0. The lowest BCUT2D eigenvalue weighted by atomic mass is 9.75. The van der Waals surface area contributed by atoms with Crippen molar-refractivity contribution in [2.75, 3.05) is 6.61 Å². The number of carbonyl (C=O) groups is 1. The molecule has 1 fully saturated rings. The molecule has 0 saturated carbocycles. The topological polar surface area (TPSA) is 208 Å². The summed E-state index contributed by atoms with van der Waals surface area (Å²) in [7, 11) is 0. The number of carbonyl (C=O) groups excluding carboxylic acids is 1. The van der Waals surface area contributed by atoms with Gasteiger partial charge in [0.25, 0.3) is 0 Å². The molecule has 0 spiro atoms. The number of allylic oxidation sites excluding steroid dienone is 2. The average Bonchev–Trinajstić information content (AvgIpc) is 2.76. The molecule has 1 heterocycles. The molecule has 0 bridgehead atoms. The maximum Gasteiger partial charge on any atom is 0.198 e. The number of Topliss-reactive ketones (excluding diaryl/α,β-unsaturated/α-hetero) is 1. The zero-order chi connectivity index (χ0) is 23.8. The molecule has 1 aromatic rings. The summed E-state index contributed by atoms with van der Waals surface area (Å²) in [5, 5.41) is 89.8. The van der Waals surface area contributed by atoms with E-state index in [4.69, 9.17) is 4.74 Å². The van der Waals surface area contributed by atoms with Gasteiger partial charge in [-0.1, -0.05) is 12.1 Å². The molecular weight excluding hydrogens is 428 g/mol. The van der Waals surface area contributed by atoms with Crippen LogP contribution in [0.4, 0.5) is 0 Å². The Morgan fingerprint density at radius 1 is 1.06 bits per heavy atom. The number of aliphatic hydroxyl groups excluding tert-OH is 6. The number of aliphatic hydroxyl groups is 7. The van der Waals surface area contributed by atoms with Crippen molar-refractivity contribution in [2.45, 2.75) is 42.2 Å². The highest BCUT2D eigenvalue weighted by atomic mass is 16.6. The van der Waals surface area contributed by atoms with E-state index in [0.717, 1.165) is 18.2 Å². The molecule has 32 heavy (non-hydrogen) atoms. The zero-order valence-corrected chi connectivity index (χ0v) is 16.6. The number of aromatic hydroxyl groups is 2. The number of hydrogen-bond acceptors (Lipinski definition) is 11. The fraction of sp³-hybridized carbons (Fsp3) is 0.381. The molecule has 0 radical (unpaired) electrons. The summed E-state index contributed by atoms with van der Waals surface area (Å²) in [4.78, 5) is 12.7. The Bertz CT molecular complexity index is 966. The summed E-state index contributed by atoms with van der Waals surface area (Å²) in [5.41, 5.74) is -2.55. The van der Waals surface area contributed by atoms with Gasteiger partial charge in [0, 0.05) is 0 Å². The second-order valence-electron chi connectivity index (χ2n) is 7.62. The number of ketones is 1. The molecule has 174 valence electrons. The Hall–Kier alpha value is -2.77. The molecule has 11 heteroatoms. The molecular formula is C21H24O11. The standard InChI is InChI=1S/C21H24O11/c22-8-14-16(27)17(28)18(29)20(32-14)21(31)6-5-10(15(26)19(21)30)11(23)3-1-9-2-4-12(24)13(25)7-9/h1-7,14,16-20,22-25,27-31H,8H2/t14-,16-,17+,18-,19?,20?,21?/m1/s1. The molecule has 9 N–H and O–H groups in total. The highest BCUT2D eigenvalue weighted by Gasteiger charge is 2.57. The van der Waals surface area contributed by atoms with E-state index in [2.05, 4.69) is 0 Å². The predicted molar refractivity (Wildman–Crippen MR) is 107 cm³/mol. The molecule has 3 unspecified atom stereocenters. The highest BCUT2D eigenvalue weighted by Crippen LogP contribution is 2.36. The molecule has 0 amide bonds. The van der Waals surface area contributed by atoms with Crippen LogP contribution in [0.25, 0.3) is 6.08 Å². The first-order chi connectivity index (χ1) is 15.0. The van der Waals surface area contributed by atoms with E-state index in [1.165, 1.54) is 24.3 Å². The van der Waals surface area contributed by atoms with Gasteiger partial charge >= 0.3 is 0 Å². The number of rotatable bonds is 4. The first-order valence-electron chi connectivity index (χ1n) is 9.59. The average molecular weight is 452 g/mol. The van der Waals surface area contributed by atoms with Gasteiger partial charge in [-0.25, -0.2) is 0 Å². The number of hydrogen-bond donors (Lipinski definition) is 9. The van der Waals surface area contributed by atoms with Crippen molar-refractivity contribution < 1.29 is 55.5 Å². The fourth-order valence-corrected chi connectivity index (χ4v) is 3.60. The van der Waals surface area contributed by atoms with Gasteiger partial charge in [-0.3, -0.25) is 4.79 Å². The maximum absolute atomic E-state index is 12.7. The molecule has 11 nitrogen and oxygen atoms in total. The molecule has 2 aliphatic rings. The molecule has 1 aromatic carbocycles. The zero-order valence-electron chi connectivity index (χ0n) is 16.6. The maximum atomic E-state index is 12.7. The minimum absolute atomic E-state index is 0.342. The van der Waals surface area contributed by atoms with E-state index in [9.17, 15) is 50.8 Å². The number of phenols is 2. The predicted octanol–water partition coefficient (Wildman–Crippen LogP) is -2.00. The van der Waals surface area contributed by atoms with Crippen molar-refractivity contribution in [1.82, 2.24) is 0 Å². The van der Waals surface area contributed by atoms with Crippen LogP contribution in [-0.4, -0.2) is 101 Å². The van der Waals surface area contributed by atoms with Gasteiger partial charge in [0.1, 0.15) is 41.9 Å². The minimum Gasteiger partial charge on any atom is -0.507 e. The Morgan fingerprint density at radius 2 is 1.75 bits per heavy atom. The largest absolute Gasteiger partial charge is 0.507 e. The van der Waals surface area contributed by atoms with Gasteiger partial charge in [0.05, 0.1) is 12.2 Å². The van der Waals surface area contributed by atoms with Crippen molar-refractivity contribution in [3.63, 3.8) is 0 Å². The highest BCUT2D eigenvalue weighted by molar-refractivity contribution is 6.04. The Morgan fingerprint density at radius 3 is 2.38 bits per heavy atom. The summed E-state index contributed by atoms with van der Waals surface area (Å²) in [5.74, 6) is -2.45. The first-order valence-corrected chi connectivity index (χ1v) is 9.59. The lowest BCUT2D eigenvalue weighted by Gasteiger charge is -2.47. The minimum atomic E-state index is -2.54. The third-order valence-electron chi connectivity index (χ3n) is 5.53. The lowest BCUT2D eigenvalue weighted by molar-refractivity contribution is -0.272. The molecule has 7 atom stereocenters. The molecule has 1 aliphatic heterocycles. The molecule has 1 aliphatic carbocycles. The fourth-order valence-electron chi connectivity index (χ4n) is 3.60. The van der Waals surface area contributed by atoms with Gasteiger partial charge in [-0.05, 0) is 35.9 Å². The van der Waals surface area contributed by atoms with Crippen LogP contribution in [0.15, 0.2) is 47.8 Å². The van der Waals surface area contributed by atoms with Crippen molar-refractivity contribution in [2.24, 2.45) is 0 Å². The first kappa shape index (κ1) is 23.9. The van der Waals surface area contributed by atoms with E-state index >= 15 is 0 Å². The summed E-state index contributed by atoms with van der Waals surface area (Å²) < 4.78 is 5.25. The summed E-state index contributed by atoms with van der Waals surface area (Å²) in [6.07, 6.45) is -6.52. The SMILES string of the molecule is O=C1C(=C(O)C=Cc2ccc(O)c(O)c2)C=CC(O)(C2O[C@H](CO)[C@@H](O)[C@H](O)[C@H]2O)C1O. The van der Waals surface area contributed by atoms with Crippen LogP contribution < -0.4 is 0 Å². The van der Waals surface area contributed by atoms with Crippen LogP contribution >= 0.6 is 0 Å². The van der Waals surface area contributed by atoms with Crippen molar-refractivity contribution >= 4 is 11.9 Å². The number of phenolic OH excluding ortho intramolecular Hbond substituents is 2. The second-order valence-corrected chi connectivity index (χ2v) is 7.62.